The maximum Gasteiger partial charge on any atom is 0.326 e. The van der Waals surface area contributed by atoms with E-state index in [4.69, 9.17) is 21.8 Å². The molecule has 0 aromatic carbocycles. The Balaban J connectivity index is 2.61. The van der Waals surface area contributed by atoms with E-state index >= 15 is 0 Å². The number of nitrogens with zero attached hydrogens (tertiary/aromatic N) is 2. The zero-order chi connectivity index (χ0) is 16.0. The third-order valence-corrected chi connectivity index (χ3v) is 2.72. The van der Waals surface area contributed by atoms with Gasteiger partial charge in [0.15, 0.2) is 0 Å². The number of aromatic nitrogens is 1. The molecule has 1 aromatic heterocycles. The second kappa shape index (κ2) is 7.44. The zero-order valence-corrected chi connectivity index (χ0v) is 11.9. The second-order valence-electron chi connectivity index (χ2n) is 4.25. The molecule has 0 saturated carbocycles. The number of halogens is 1. The maximum absolute atomic E-state index is 11.7. The molecule has 0 aliphatic carbocycles. The number of nitrogens with one attached hydrogen (secondary N) is 1. The number of hydrogen-bond acceptors (Lipinski definition) is 5. The first-order chi connectivity index (χ1) is 9.79. The Morgan fingerprint density at radius 3 is 2.52 bits per heavy atom. The van der Waals surface area contributed by atoms with E-state index in [0.717, 1.165) is 0 Å². The smallest absolute Gasteiger partial charge is 0.326 e. The van der Waals surface area contributed by atoms with Crippen molar-refractivity contribution < 1.29 is 24.6 Å². The summed E-state index contributed by atoms with van der Waals surface area (Å²) in [5, 5.41) is 20.0. The zero-order valence-electron chi connectivity index (χ0n) is 11.1. The first-order valence-corrected chi connectivity index (χ1v) is 6.24. The summed E-state index contributed by atoms with van der Waals surface area (Å²) in [4.78, 5) is 38.6. The molecule has 0 aliphatic rings. The van der Waals surface area contributed by atoms with E-state index < -0.39 is 30.3 Å². The van der Waals surface area contributed by atoms with Crippen molar-refractivity contribution in [3.05, 3.63) is 23.4 Å². The monoisotopic (exact) mass is 315 g/mol. The van der Waals surface area contributed by atoms with Crippen LogP contribution in [0.25, 0.3) is 0 Å². The average Bonchev–Trinajstić information content (AvgIpc) is 2.37. The minimum Gasteiger partial charge on any atom is -0.481 e. The number of likely N-dealkylation sites (N-methyl/N-ethyl adjacent to an activating group) is 1. The van der Waals surface area contributed by atoms with Gasteiger partial charge in [-0.2, -0.15) is 0 Å². The molecule has 1 unspecified atom stereocenters. The Kier molecular flexibility index (Phi) is 5.92. The molecule has 0 radical (unpaired) electrons. The Morgan fingerprint density at radius 1 is 1.38 bits per heavy atom. The largest absolute Gasteiger partial charge is 0.481 e. The number of carboxylic acids is 2. The summed E-state index contributed by atoms with van der Waals surface area (Å²) in [5.41, 5.74) is 0. The predicted molar refractivity (Wildman–Crippen MR) is 74.3 cm³/mol. The lowest BCUT2D eigenvalue weighted by atomic mass is 10.2. The van der Waals surface area contributed by atoms with Crippen LogP contribution in [-0.4, -0.2) is 52.7 Å². The molecule has 1 rings (SSSR count). The molecule has 1 heterocycles. The summed E-state index contributed by atoms with van der Waals surface area (Å²) >= 11 is 5.69. The van der Waals surface area contributed by atoms with Crippen LogP contribution in [-0.2, 0) is 14.4 Å². The van der Waals surface area contributed by atoms with Crippen molar-refractivity contribution in [2.75, 3.05) is 18.5 Å². The van der Waals surface area contributed by atoms with Crippen LogP contribution in [0.3, 0.4) is 0 Å². The first kappa shape index (κ1) is 16.7. The lowest BCUT2D eigenvalue weighted by Gasteiger charge is -2.19. The summed E-state index contributed by atoms with van der Waals surface area (Å²) in [6.45, 7) is -0.169. The second-order valence-corrected chi connectivity index (χ2v) is 4.68. The highest BCUT2D eigenvalue weighted by Gasteiger charge is 2.23. The van der Waals surface area contributed by atoms with Crippen LogP contribution >= 0.6 is 11.6 Å². The molecule has 3 N–H and O–H groups in total. The van der Waals surface area contributed by atoms with Crippen molar-refractivity contribution in [1.82, 2.24) is 10.3 Å². The molecule has 0 spiro atoms. The summed E-state index contributed by atoms with van der Waals surface area (Å²) in [6.07, 6.45) is 0.722. The normalized spacial score (nSPS) is 11.5. The van der Waals surface area contributed by atoms with Crippen molar-refractivity contribution in [2.24, 2.45) is 0 Å². The van der Waals surface area contributed by atoms with E-state index in [9.17, 15) is 14.4 Å². The van der Waals surface area contributed by atoms with E-state index in [1.807, 2.05) is 0 Å². The fraction of sp³-hybridized carbons (Fsp3) is 0.333. The quantitative estimate of drug-likeness (QED) is 0.658. The lowest BCUT2D eigenvalue weighted by molar-refractivity contribution is -0.147. The highest BCUT2D eigenvalue weighted by Crippen LogP contribution is 2.12. The number of aliphatic carboxylic acids is 2. The molecule has 1 atom stereocenters. The van der Waals surface area contributed by atoms with Crippen molar-refractivity contribution >= 4 is 35.3 Å². The van der Waals surface area contributed by atoms with Crippen LogP contribution in [0.5, 0.6) is 0 Å². The van der Waals surface area contributed by atoms with Crippen LogP contribution in [0.4, 0.5) is 5.82 Å². The number of pyridine rings is 1. The fourth-order valence-electron chi connectivity index (χ4n) is 1.50. The van der Waals surface area contributed by atoms with Gasteiger partial charge in [-0.1, -0.05) is 11.6 Å². The van der Waals surface area contributed by atoms with Crippen molar-refractivity contribution in [3.8, 4) is 0 Å². The van der Waals surface area contributed by atoms with E-state index in [1.54, 1.807) is 19.2 Å². The van der Waals surface area contributed by atoms with Crippen molar-refractivity contribution in [3.63, 3.8) is 0 Å². The molecule has 114 valence electrons. The van der Waals surface area contributed by atoms with Gasteiger partial charge in [0.2, 0.25) is 5.91 Å². The Hall–Kier alpha value is -2.35. The third-order valence-electron chi connectivity index (χ3n) is 2.50. The van der Waals surface area contributed by atoms with Gasteiger partial charge in [0.1, 0.15) is 11.9 Å². The van der Waals surface area contributed by atoms with Gasteiger partial charge in [-0.25, -0.2) is 9.78 Å². The summed E-state index contributed by atoms with van der Waals surface area (Å²) in [6, 6.07) is 1.73. The fourth-order valence-corrected chi connectivity index (χ4v) is 1.62. The van der Waals surface area contributed by atoms with Gasteiger partial charge in [-0.15, -0.1) is 0 Å². The number of carbonyl (C=O) groups is 3. The van der Waals surface area contributed by atoms with E-state index in [1.165, 1.54) is 11.1 Å². The summed E-state index contributed by atoms with van der Waals surface area (Å²) in [7, 11) is 1.59. The number of anilines is 1. The highest BCUT2D eigenvalue weighted by atomic mass is 35.5. The van der Waals surface area contributed by atoms with Gasteiger partial charge in [0, 0.05) is 13.2 Å². The summed E-state index contributed by atoms with van der Waals surface area (Å²) in [5.74, 6) is -2.86. The molecular formula is C12H14ClN3O5. The standard InChI is InChI=1S/C12H14ClN3O5/c1-16(9-3-2-7(13)5-14-9)6-10(17)15-8(12(20)21)4-11(18)19/h2-3,5,8H,4,6H2,1H3,(H,15,17)(H,18,19)(H,20,21). The molecule has 0 fully saturated rings. The number of carboxylic acid groups (broad SMARTS) is 2. The van der Waals surface area contributed by atoms with Gasteiger partial charge in [-0.3, -0.25) is 9.59 Å². The maximum atomic E-state index is 11.7. The molecule has 1 amide bonds. The minimum atomic E-state index is -1.47. The molecular weight excluding hydrogens is 302 g/mol. The number of hydrogen-bond donors (Lipinski definition) is 3. The van der Waals surface area contributed by atoms with Crippen LogP contribution in [0.1, 0.15) is 6.42 Å². The predicted octanol–water partition coefficient (Wildman–Crippen LogP) is 0.215. The molecule has 0 saturated heterocycles. The first-order valence-electron chi connectivity index (χ1n) is 5.86. The van der Waals surface area contributed by atoms with Crippen LogP contribution < -0.4 is 10.2 Å². The molecule has 1 aromatic rings. The molecule has 0 bridgehead atoms. The van der Waals surface area contributed by atoms with Gasteiger partial charge < -0.3 is 20.4 Å². The van der Waals surface area contributed by atoms with E-state index in [-0.39, 0.29) is 6.54 Å². The third kappa shape index (κ3) is 5.65. The molecule has 9 heteroatoms. The van der Waals surface area contributed by atoms with Crippen LogP contribution in [0.15, 0.2) is 18.3 Å². The number of rotatable bonds is 7. The van der Waals surface area contributed by atoms with Crippen LogP contribution in [0.2, 0.25) is 5.02 Å². The highest BCUT2D eigenvalue weighted by molar-refractivity contribution is 6.30. The van der Waals surface area contributed by atoms with Crippen molar-refractivity contribution in [2.45, 2.75) is 12.5 Å². The van der Waals surface area contributed by atoms with Crippen LogP contribution in [0, 0.1) is 0 Å². The molecule has 8 nitrogen and oxygen atoms in total. The SMILES string of the molecule is CN(CC(=O)NC(CC(=O)O)C(=O)O)c1ccc(Cl)cn1. The number of amides is 1. The molecule has 0 aliphatic heterocycles. The Labute approximate surface area is 125 Å². The lowest BCUT2D eigenvalue weighted by Crippen LogP contribution is -2.46. The summed E-state index contributed by atoms with van der Waals surface area (Å²) < 4.78 is 0. The van der Waals surface area contributed by atoms with E-state index in [2.05, 4.69) is 10.3 Å². The minimum absolute atomic E-state index is 0.169. The average molecular weight is 316 g/mol. The van der Waals surface area contributed by atoms with E-state index in [0.29, 0.717) is 10.8 Å². The Bertz CT molecular complexity index is 534. The number of carbonyl (C=O) groups excluding carboxylic acids is 1. The van der Waals surface area contributed by atoms with Gasteiger partial charge in [-0.05, 0) is 12.1 Å². The topological polar surface area (TPSA) is 120 Å². The molecule has 21 heavy (non-hydrogen) atoms. The van der Waals surface area contributed by atoms with Gasteiger partial charge in [0.05, 0.1) is 18.0 Å². The van der Waals surface area contributed by atoms with Gasteiger partial charge >= 0.3 is 11.9 Å². The van der Waals surface area contributed by atoms with Crippen molar-refractivity contribution in [1.29, 1.82) is 0 Å². The van der Waals surface area contributed by atoms with Gasteiger partial charge in [0.25, 0.3) is 0 Å². The Morgan fingerprint density at radius 2 is 2.05 bits per heavy atom.